The van der Waals surface area contributed by atoms with Crippen LogP contribution >= 0.6 is 11.6 Å². The Kier molecular flexibility index (Phi) is 11.1. The van der Waals surface area contributed by atoms with Gasteiger partial charge in [-0.1, -0.05) is 90.5 Å². The number of carbonyl (C=O) groups is 4. The fourth-order valence-electron chi connectivity index (χ4n) is 5.01. The molecule has 0 saturated carbocycles. The number of hydrogen-bond donors (Lipinski definition) is 2. The van der Waals surface area contributed by atoms with E-state index in [1.165, 1.54) is 30.1 Å². The van der Waals surface area contributed by atoms with Gasteiger partial charge in [0.25, 0.3) is 5.91 Å². The van der Waals surface area contributed by atoms with Gasteiger partial charge in [0.1, 0.15) is 18.2 Å². The summed E-state index contributed by atoms with van der Waals surface area (Å²) < 4.78 is 19.4. The highest BCUT2D eigenvalue weighted by molar-refractivity contribution is 6.31. The van der Waals surface area contributed by atoms with Crippen molar-refractivity contribution in [2.45, 2.75) is 18.9 Å². The largest absolute Gasteiger partial charge is 0.447 e. The maximum atomic E-state index is 13.9. The van der Waals surface area contributed by atoms with E-state index in [9.17, 15) is 23.6 Å². The number of likely N-dealkylation sites (N-methyl/N-ethyl adjacent to an activating group) is 1. The van der Waals surface area contributed by atoms with Crippen molar-refractivity contribution in [1.29, 1.82) is 0 Å². The van der Waals surface area contributed by atoms with Gasteiger partial charge in [0, 0.05) is 48.3 Å². The second kappa shape index (κ2) is 15.8. The molecular weight excluding hydrogens is 635 g/mol. The molecule has 0 aliphatic carbocycles. The number of benzene rings is 4. The van der Waals surface area contributed by atoms with Gasteiger partial charge in [0.15, 0.2) is 5.78 Å². The number of carbonyl (C=O) groups excluding carboxylic acids is 4. The molecule has 0 spiro atoms. The van der Waals surface area contributed by atoms with Crippen molar-refractivity contribution in [2.24, 2.45) is 0 Å². The molecule has 9 nitrogen and oxygen atoms in total. The number of pyridine rings is 1. The van der Waals surface area contributed by atoms with Gasteiger partial charge in [0.2, 0.25) is 5.91 Å². The van der Waals surface area contributed by atoms with E-state index in [1.54, 1.807) is 60.8 Å². The summed E-state index contributed by atoms with van der Waals surface area (Å²) in [7, 11) is 1.53. The van der Waals surface area contributed by atoms with Gasteiger partial charge in [-0.15, -0.1) is 0 Å². The molecule has 0 aliphatic heterocycles. The van der Waals surface area contributed by atoms with Crippen LogP contribution in [0.1, 0.15) is 38.3 Å². The first kappa shape index (κ1) is 33.7. The Labute approximate surface area is 281 Å². The molecule has 0 radical (unpaired) electrons. The minimum atomic E-state index is -0.798. The smallest absolute Gasteiger partial charge is 0.412 e. The van der Waals surface area contributed by atoms with Gasteiger partial charge in [-0.25, -0.2) is 14.2 Å². The molecule has 1 heterocycles. The Morgan fingerprint density at radius 1 is 0.854 bits per heavy atom. The summed E-state index contributed by atoms with van der Waals surface area (Å²) in [6, 6.07) is 27.9. The molecule has 48 heavy (non-hydrogen) atoms. The third-order valence-corrected chi connectivity index (χ3v) is 8.19. The minimum absolute atomic E-state index is 0.0129. The van der Waals surface area contributed by atoms with Gasteiger partial charge < -0.3 is 15.0 Å². The summed E-state index contributed by atoms with van der Waals surface area (Å²) in [6.07, 6.45) is 0.994. The van der Waals surface area contributed by atoms with Crippen LogP contribution < -0.4 is 10.6 Å². The Morgan fingerprint density at radius 3 is 2.33 bits per heavy atom. The number of nitrogens with one attached hydrogen (secondary N) is 2. The van der Waals surface area contributed by atoms with Crippen LogP contribution in [0.4, 0.5) is 15.0 Å². The van der Waals surface area contributed by atoms with Crippen molar-refractivity contribution in [2.75, 3.05) is 25.5 Å². The van der Waals surface area contributed by atoms with Crippen LogP contribution in [0.25, 0.3) is 10.8 Å². The van der Waals surface area contributed by atoms with E-state index in [4.69, 9.17) is 16.3 Å². The lowest BCUT2D eigenvalue weighted by Crippen LogP contribution is -2.48. The van der Waals surface area contributed by atoms with Gasteiger partial charge >= 0.3 is 6.09 Å². The summed E-state index contributed by atoms with van der Waals surface area (Å²) in [4.78, 5) is 57.8. The zero-order valence-electron chi connectivity index (χ0n) is 26.0. The number of ketones is 1. The Balaban J connectivity index is 1.26. The number of rotatable bonds is 12. The number of aryl methyl sites for hydroxylation is 1. The van der Waals surface area contributed by atoms with Gasteiger partial charge in [-0.2, -0.15) is 0 Å². The Morgan fingerprint density at radius 2 is 1.54 bits per heavy atom. The summed E-state index contributed by atoms with van der Waals surface area (Å²) in [5, 5.41) is 7.11. The molecule has 4 aromatic carbocycles. The van der Waals surface area contributed by atoms with Gasteiger partial charge in [-0.05, 0) is 41.6 Å². The van der Waals surface area contributed by atoms with Crippen LogP contribution in [0, 0.1) is 5.82 Å². The first-order valence-electron chi connectivity index (χ1n) is 15.1. The lowest BCUT2D eigenvalue weighted by atomic mass is 10.0. The summed E-state index contributed by atoms with van der Waals surface area (Å²) in [6.45, 7) is -0.352. The first-order valence-corrected chi connectivity index (χ1v) is 15.5. The number of nitrogens with zero attached hydrogens (tertiary/aromatic N) is 2. The molecule has 1 aromatic heterocycles. The maximum absolute atomic E-state index is 13.9. The molecule has 5 rings (SSSR count). The second-order valence-electron chi connectivity index (χ2n) is 11.0. The van der Waals surface area contributed by atoms with Crippen molar-refractivity contribution < 1.29 is 28.3 Å². The van der Waals surface area contributed by atoms with Crippen LogP contribution in [-0.4, -0.2) is 59.8 Å². The predicted octanol–water partition coefficient (Wildman–Crippen LogP) is 6.70. The van der Waals surface area contributed by atoms with E-state index in [1.807, 2.05) is 30.3 Å². The van der Waals surface area contributed by atoms with E-state index in [-0.39, 0.29) is 54.1 Å². The Hall–Kier alpha value is -5.61. The molecule has 244 valence electrons. The molecule has 0 bridgehead atoms. The van der Waals surface area contributed by atoms with Crippen LogP contribution in [0.5, 0.6) is 0 Å². The number of halogens is 2. The van der Waals surface area contributed by atoms with Crippen LogP contribution in [0.2, 0.25) is 5.02 Å². The number of fused-ring (bicyclic) bond motifs is 1. The number of ether oxygens (including phenoxy) is 1. The fourth-order valence-corrected chi connectivity index (χ4v) is 5.23. The summed E-state index contributed by atoms with van der Waals surface area (Å²) >= 11 is 6.07. The summed E-state index contributed by atoms with van der Waals surface area (Å²) in [5.41, 5.74) is 1.55. The molecule has 0 fully saturated rings. The molecule has 11 heteroatoms. The molecule has 5 aromatic rings. The van der Waals surface area contributed by atoms with E-state index >= 15 is 0 Å². The first-order chi connectivity index (χ1) is 23.2. The van der Waals surface area contributed by atoms with Crippen LogP contribution in [-0.2, 0) is 16.0 Å². The minimum Gasteiger partial charge on any atom is -0.447 e. The quantitative estimate of drug-likeness (QED) is 0.143. The normalized spacial score (nSPS) is 11.4. The van der Waals surface area contributed by atoms with Crippen molar-refractivity contribution in [1.82, 2.24) is 15.2 Å². The molecular formula is C37H32ClFN4O5. The second-order valence-corrected chi connectivity index (χ2v) is 11.4. The average molecular weight is 667 g/mol. The lowest BCUT2D eigenvalue weighted by molar-refractivity contribution is -0.132. The standard InChI is InChI=1S/C37H32ClFN4O5/c1-43(33(44)18-17-24-13-8-16-31(39)34(24)38)30(23-48-37(47)42-32-20-26-11-5-6-12-29(26)21-40-32)22-41-36(46)28-15-7-14-27(19-28)35(45)25-9-3-2-4-10-25/h2-16,19-21,30H,17-18,22-23H2,1H3,(H,41,46)(H,40,42,47)/t30-/m0/s1. The number of hydrogen-bond acceptors (Lipinski definition) is 6. The topological polar surface area (TPSA) is 118 Å². The molecule has 0 unspecified atom stereocenters. The van der Waals surface area contributed by atoms with Gasteiger partial charge in [-0.3, -0.25) is 19.7 Å². The molecule has 1 atom stereocenters. The Bertz CT molecular complexity index is 1960. The van der Waals surface area contributed by atoms with Crippen LogP contribution in [0.3, 0.4) is 0 Å². The van der Waals surface area contributed by atoms with Crippen molar-refractivity contribution in [3.63, 3.8) is 0 Å². The SMILES string of the molecule is CN(C(=O)CCc1cccc(F)c1Cl)[C@@H](CNC(=O)c1cccc(C(=O)c2ccccc2)c1)COC(=O)Nc1cc2ccccc2cn1. The molecule has 0 aliphatic rings. The molecule has 2 N–H and O–H groups in total. The number of anilines is 1. The summed E-state index contributed by atoms with van der Waals surface area (Å²) in [5.74, 6) is -1.35. The van der Waals surface area contributed by atoms with E-state index < -0.39 is 23.9 Å². The van der Waals surface area contributed by atoms with E-state index in [0.29, 0.717) is 16.7 Å². The number of aromatic nitrogens is 1. The monoisotopic (exact) mass is 666 g/mol. The highest BCUT2D eigenvalue weighted by atomic mass is 35.5. The fraction of sp³-hybridized carbons (Fsp3) is 0.162. The van der Waals surface area contributed by atoms with Crippen LogP contribution in [0.15, 0.2) is 109 Å². The van der Waals surface area contributed by atoms with Gasteiger partial charge in [0.05, 0.1) is 11.1 Å². The molecule has 3 amide bonds. The highest BCUT2D eigenvalue weighted by Gasteiger charge is 2.24. The third-order valence-electron chi connectivity index (χ3n) is 7.77. The van der Waals surface area contributed by atoms with E-state index in [0.717, 1.165) is 10.8 Å². The zero-order chi connectivity index (χ0) is 34.0. The number of amides is 3. The highest BCUT2D eigenvalue weighted by Crippen LogP contribution is 2.21. The average Bonchev–Trinajstić information content (AvgIpc) is 3.11. The maximum Gasteiger partial charge on any atom is 0.412 e. The third kappa shape index (κ3) is 8.59. The van der Waals surface area contributed by atoms with Crippen molar-refractivity contribution in [3.8, 4) is 0 Å². The lowest BCUT2D eigenvalue weighted by Gasteiger charge is -2.28. The van der Waals surface area contributed by atoms with E-state index in [2.05, 4.69) is 15.6 Å². The molecule has 0 saturated heterocycles. The van der Waals surface area contributed by atoms with Crippen molar-refractivity contribution >= 4 is 51.9 Å². The zero-order valence-corrected chi connectivity index (χ0v) is 26.7. The predicted molar refractivity (Wildman–Crippen MR) is 182 cm³/mol. The van der Waals surface area contributed by atoms with Crippen molar-refractivity contribution in [3.05, 3.63) is 142 Å².